The maximum Gasteiger partial charge on any atom is 0.0257 e. The SMILES string of the molecule is CCCc1cc2c(Br)cccc2[pH]1. The van der Waals surface area contributed by atoms with Crippen LogP contribution >= 0.6 is 24.1 Å². The minimum atomic E-state index is 0.905. The van der Waals surface area contributed by atoms with Crippen molar-refractivity contribution in [1.82, 2.24) is 0 Å². The second-order valence-corrected chi connectivity index (χ2v) is 5.53. The Morgan fingerprint density at radius 3 is 2.92 bits per heavy atom. The van der Waals surface area contributed by atoms with E-state index in [2.05, 4.69) is 47.1 Å². The zero-order valence-electron chi connectivity index (χ0n) is 7.60. The van der Waals surface area contributed by atoms with Crippen LogP contribution in [0.4, 0.5) is 0 Å². The number of rotatable bonds is 2. The van der Waals surface area contributed by atoms with E-state index in [4.69, 9.17) is 0 Å². The van der Waals surface area contributed by atoms with Crippen molar-refractivity contribution in [2.45, 2.75) is 19.8 Å². The van der Waals surface area contributed by atoms with Crippen molar-refractivity contribution in [3.63, 3.8) is 0 Å². The summed E-state index contributed by atoms with van der Waals surface area (Å²) in [5.74, 6) is 0. The molecule has 0 saturated heterocycles. The molecule has 2 heteroatoms. The average Bonchev–Trinajstić information content (AvgIpc) is 2.49. The minimum Gasteiger partial charge on any atom is -0.128 e. The smallest absolute Gasteiger partial charge is 0.0257 e. The van der Waals surface area contributed by atoms with E-state index in [0.717, 1.165) is 8.19 Å². The molecule has 0 aliphatic rings. The number of halogens is 1. The Morgan fingerprint density at radius 1 is 1.38 bits per heavy atom. The van der Waals surface area contributed by atoms with Crippen LogP contribution in [0, 0.1) is 0 Å². The normalized spacial score (nSPS) is 11.5. The summed E-state index contributed by atoms with van der Waals surface area (Å²) >= 11 is 3.59. The summed E-state index contributed by atoms with van der Waals surface area (Å²) in [5.41, 5.74) is 0. The van der Waals surface area contributed by atoms with Crippen LogP contribution in [0.3, 0.4) is 0 Å². The van der Waals surface area contributed by atoms with Gasteiger partial charge in [-0.3, -0.25) is 0 Å². The molecule has 0 bridgehead atoms. The molecule has 0 aliphatic carbocycles. The van der Waals surface area contributed by atoms with Gasteiger partial charge in [-0.05, 0) is 29.0 Å². The molecule has 13 heavy (non-hydrogen) atoms. The molecule has 0 N–H and O–H groups in total. The highest BCUT2D eigenvalue weighted by Gasteiger charge is 2.01. The van der Waals surface area contributed by atoms with Gasteiger partial charge >= 0.3 is 0 Å². The summed E-state index contributed by atoms with van der Waals surface area (Å²) in [6.07, 6.45) is 2.50. The fourth-order valence-electron chi connectivity index (χ4n) is 1.58. The van der Waals surface area contributed by atoms with Crippen LogP contribution in [-0.4, -0.2) is 0 Å². The van der Waals surface area contributed by atoms with Crippen LogP contribution < -0.4 is 0 Å². The number of fused-ring (bicyclic) bond motifs is 1. The first-order valence-corrected chi connectivity index (χ1v) is 6.36. The molecule has 1 atom stereocenters. The maximum atomic E-state index is 3.59. The maximum absolute atomic E-state index is 3.59. The summed E-state index contributed by atoms with van der Waals surface area (Å²) in [4.78, 5) is 0. The molecular formula is C11H12BrP. The molecule has 1 aromatic heterocycles. The zero-order chi connectivity index (χ0) is 9.26. The second kappa shape index (κ2) is 3.86. The summed E-state index contributed by atoms with van der Waals surface area (Å²) in [5, 5.41) is 4.51. The number of aryl methyl sites for hydroxylation is 1. The van der Waals surface area contributed by atoms with E-state index in [1.807, 2.05) is 0 Å². The first-order valence-electron chi connectivity index (χ1n) is 4.57. The molecule has 0 fully saturated rings. The molecule has 1 unspecified atom stereocenters. The van der Waals surface area contributed by atoms with E-state index >= 15 is 0 Å². The van der Waals surface area contributed by atoms with Gasteiger partial charge in [-0.25, -0.2) is 0 Å². The van der Waals surface area contributed by atoms with Crippen molar-refractivity contribution in [3.05, 3.63) is 34.0 Å². The molecule has 0 nitrogen and oxygen atoms in total. The van der Waals surface area contributed by atoms with Gasteiger partial charge < -0.3 is 0 Å². The molecular weight excluding hydrogens is 243 g/mol. The molecule has 1 aromatic carbocycles. The van der Waals surface area contributed by atoms with E-state index in [1.54, 1.807) is 5.30 Å². The second-order valence-electron chi connectivity index (χ2n) is 3.25. The van der Waals surface area contributed by atoms with Crippen LogP contribution in [0.1, 0.15) is 18.6 Å². The van der Waals surface area contributed by atoms with E-state index in [9.17, 15) is 0 Å². The lowest BCUT2D eigenvalue weighted by Crippen LogP contribution is -1.71. The predicted molar refractivity (Wildman–Crippen MR) is 65.1 cm³/mol. The largest absolute Gasteiger partial charge is 0.128 e. The molecule has 2 aromatic rings. The first-order chi connectivity index (χ1) is 6.31. The number of hydrogen-bond donors (Lipinski definition) is 0. The third kappa shape index (κ3) is 1.82. The highest BCUT2D eigenvalue weighted by molar-refractivity contribution is 9.10. The Kier molecular flexibility index (Phi) is 2.76. The Labute approximate surface area is 88.6 Å². The van der Waals surface area contributed by atoms with Gasteiger partial charge in [0.25, 0.3) is 0 Å². The van der Waals surface area contributed by atoms with Crippen molar-refractivity contribution in [2.75, 3.05) is 0 Å². The molecule has 2 rings (SSSR count). The van der Waals surface area contributed by atoms with Gasteiger partial charge in [-0.2, -0.15) is 0 Å². The average molecular weight is 255 g/mol. The molecule has 0 aliphatic heterocycles. The van der Waals surface area contributed by atoms with Gasteiger partial charge in [0.2, 0.25) is 0 Å². The van der Waals surface area contributed by atoms with Gasteiger partial charge in [-0.1, -0.05) is 41.4 Å². The van der Waals surface area contributed by atoms with Gasteiger partial charge in [0.15, 0.2) is 0 Å². The lowest BCUT2D eigenvalue weighted by atomic mass is 10.2. The zero-order valence-corrected chi connectivity index (χ0v) is 10.2. The van der Waals surface area contributed by atoms with Crippen LogP contribution in [-0.2, 0) is 6.42 Å². The molecule has 68 valence electrons. The standard InChI is InChI=1S/C11H12BrP/c1-2-4-8-7-9-10(12)5-3-6-11(9)13-8/h3,5-7,13H,2,4H2,1H3. The third-order valence-electron chi connectivity index (χ3n) is 2.19. The van der Waals surface area contributed by atoms with Crippen LogP contribution in [0.15, 0.2) is 28.7 Å². The molecule has 0 radical (unpaired) electrons. The van der Waals surface area contributed by atoms with Crippen LogP contribution in [0.25, 0.3) is 10.5 Å². The quantitative estimate of drug-likeness (QED) is 0.736. The van der Waals surface area contributed by atoms with Crippen LogP contribution in [0.5, 0.6) is 0 Å². The van der Waals surface area contributed by atoms with Gasteiger partial charge in [0.1, 0.15) is 0 Å². The fourth-order valence-corrected chi connectivity index (χ4v) is 3.70. The lowest BCUT2D eigenvalue weighted by molar-refractivity contribution is 0.941. The minimum absolute atomic E-state index is 0.905. The summed E-state index contributed by atoms with van der Waals surface area (Å²) in [6, 6.07) is 8.83. The highest BCUT2D eigenvalue weighted by Crippen LogP contribution is 2.35. The topological polar surface area (TPSA) is 0 Å². The monoisotopic (exact) mass is 254 g/mol. The van der Waals surface area contributed by atoms with Gasteiger partial charge in [0.05, 0.1) is 0 Å². The molecule has 1 heterocycles. The number of benzene rings is 1. The van der Waals surface area contributed by atoms with E-state index in [0.29, 0.717) is 0 Å². The van der Waals surface area contributed by atoms with Crippen molar-refractivity contribution in [2.24, 2.45) is 0 Å². The fraction of sp³-hybridized carbons (Fsp3) is 0.273. The molecule has 0 spiro atoms. The summed E-state index contributed by atoms with van der Waals surface area (Å²) in [6.45, 7) is 2.24. The Bertz CT molecular complexity index is 417. The van der Waals surface area contributed by atoms with Crippen molar-refractivity contribution < 1.29 is 0 Å². The van der Waals surface area contributed by atoms with E-state index < -0.39 is 0 Å². The Balaban J connectivity index is 2.55. The lowest BCUT2D eigenvalue weighted by Gasteiger charge is -1.90. The van der Waals surface area contributed by atoms with Crippen LogP contribution in [0.2, 0.25) is 0 Å². The highest BCUT2D eigenvalue weighted by atomic mass is 79.9. The van der Waals surface area contributed by atoms with E-state index in [1.165, 1.54) is 27.8 Å². The Hall–Kier alpha value is -0.260. The molecule has 0 amide bonds. The van der Waals surface area contributed by atoms with Crippen molar-refractivity contribution in [1.29, 1.82) is 0 Å². The van der Waals surface area contributed by atoms with E-state index in [-0.39, 0.29) is 0 Å². The van der Waals surface area contributed by atoms with Gasteiger partial charge in [0, 0.05) is 9.86 Å². The summed E-state index contributed by atoms with van der Waals surface area (Å²) in [7, 11) is 0.905. The predicted octanol–water partition coefficient (Wildman–Crippen LogP) is 4.59. The van der Waals surface area contributed by atoms with Crippen molar-refractivity contribution in [3.8, 4) is 0 Å². The van der Waals surface area contributed by atoms with Gasteiger partial charge in [-0.15, -0.1) is 8.19 Å². The third-order valence-corrected chi connectivity index (χ3v) is 4.30. The molecule has 0 saturated carbocycles. The Morgan fingerprint density at radius 2 is 2.23 bits per heavy atom. The number of hydrogen-bond acceptors (Lipinski definition) is 0. The first kappa shape index (κ1) is 9.30. The summed E-state index contributed by atoms with van der Waals surface area (Å²) < 4.78 is 1.24. The van der Waals surface area contributed by atoms with Crippen molar-refractivity contribution >= 4 is 34.6 Å².